The number of hydrogen-bond acceptors (Lipinski definition) is 5. The summed E-state index contributed by atoms with van der Waals surface area (Å²) in [7, 11) is 1.35. The van der Waals surface area contributed by atoms with E-state index in [0.29, 0.717) is 11.8 Å². The Balaban J connectivity index is 1.82. The lowest BCUT2D eigenvalue weighted by Crippen LogP contribution is -2.21. The Morgan fingerprint density at radius 3 is 3.06 bits per heavy atom. The van der Waals surface area contributed by atoms with Gasteiger partial charge in [0.1, 0.15) is 6.61 Å². The van der Waals surface area contributed by atoms with E-state index in [1.807, 2.05) is 12.1 Å². The van der Waals surface area contributed by atoms with Gasteiger partial charge in [-0.15, -0.1) is 0 Å². The molecule has 1 aliphatic carbocycles. The van der Waals surface area contributed by atoms with Gasteiger partial charge in [0, 0.05) is 23.4 Å². The second-order valence-corrected chi connectivity index (χ2v) is 4.53. The fraction of sp³-hybridized carbons (Fsp3) is 0.462. The van der Waals surface area contributed by atoms with E-state index < -0.39 is 6.04 Å². The summed E-state index contributed by atoms with van der Waals surface area (Å²) in [6, 6.07) is 3.31. The highest BCUT2D eigenvalue weighted by Gasteiger charge is 2.29. The van der Waals surface area contributed by atoms with Crippen molar-refractivity contribution in [3.63, 3.8) is 0 Å². The van der Waals surface area contributed by atoms with Crippen molar-refractivity contribution in [3.8, 4) is 0 Å². The van der Waals surface area contributed by atoms with Crippen LogP contribution in [0.4, 0.5) is 0 Å². The van der Waals surface area contributed by atoms with Gasteiger partial charge in [-0.1, -0.05) is 0 Å². The first-order chi connectivity index (χ1) is 8.78. The zero-order chi connectivity index (χ0) is 12.5. The maximum absolute atomic E-state index is 11.4. The molecular formula is C13H14N2O3. The van der Waals surface area contributed by atoms with Gasteiger partial charge in [-0.2, -0.15) is 0 Å². The number of rotatable bonds is 3. The molecule has 2 heterocycles. The molecule has 94 valence electrons. The highest BCUT2D eigenvalue weighted by Crippen LogP contribution is 2.39. The predicted molar refractivity (Wildman–Crippen MR) is 64.5 cm³/mol. The minimum atomic E-state index is -0.539. The SMILES string of the molecule is COC(=O)C1COC(c2ccnc(C3CC3)c2)=N1. The largest absolute Gasteiger partial charge is 0.475 e. The number of carbonyl (C=O) groups excluding carboxylic acids is 1. The smallest absolute Gasteiger partial charge is 0.334 e. The molecule has 0 spiro atoms. The first kappa shape index (κ1) is 11.2. The molecule has 0 aromatic carbocycles. The first-order valence-corrected chi connectivity index (χ1v) is 6.02. The number of nitrogens with zero attached hydrogens (tertiary/aromatic N) is 2. The van der Waals surface area contributed by atoms with Crippen LogP contribution in [-0.2, 0) is 14.3 Å². The van der Waals surface area contributed by atoms with Crippen LogP contribution in [-0.4, -0.2) is 36.6 Å². The molecule has 0 N–H and O–H groups in total. The summed E-state index contributed by atoms with van der Waals surface area (Å²) in [4.78, 5) is 19.9. The van der Waals surface area contributed by atoms with Crippen molar-refractivity contribution in [2.75, 3.05) is 13.7 Å². The van der Waals surface area contributed by atoms with Gasteiger partial charge in [0.2, 0.25) is 5.90 Å². The lowest BCUT2D eigenvalue weighted by Gasteiger charge is -2.03. The number of carbonyl (C=O) groups is 1. The Hall–Kier alpha value is -1.91. The molecule has 0 bridgehead atoms. The van der Waals surface area contributed by atoms with Gasteiger partial charge in [-0.05, 0) is 25.0 Å². The van der Waals surface area contributed by atoms with Crippen molar-refractivity contribution in [1.82, 2.24) is 4.98 Å². The van der Waals surface area contributed by atoms with E-state index in [1.165, 1.54) is 20.0 Å². The van der Waals surface area contributed by atoms with Crippen LogP contribution in [0.3, 0.4) is 0 Å². The molecule has 0 amide bonds. The van der Waals surface area contributed by atoms with Crippen molar-refractivity contribution < 1.29 is 14.3 Å². The second kappa shape index (κ2) is 4.40. The minimum Gasteiger partial charge on any atom is -0.475 e. The number of methoxy groups -OCH3 is 1. The molecule has 18 heavy (non-hydrogen) atoms. The third-order valence-corrected chi connectivity index (χ3v) is 3.15. The molecule has 5 nitrogen and oxygen atoms in total. The van der Waals surface area contributed by atoms with Crippen molar-refractivity contribution >= 4 is 11.9 Å². The quantitative estimate of drug-likeness (QED) is 0.754. The fourth-order valence-corrected chi connectivity index (χ4v) is 1.97. The van der Waals surface area contributed by atoms with Gasteiger partial charge < -0.3 is 9.47 Å². The van der Waals surface area contributed by atoms with Crippen LogP contribution in [0.15, 0.2) is 23.3 Å². The number of hydrogen-bond donors (Lipinski definition) is 0. The van der Waals surface area contributed by atoms with Gasteiger partial charge in [-0.25, -0.2) is 9.79 Å². The standard InChI is InChI=1S/C13H14N2O3/c1-17-13(16)11-7-18-12(15-11)9-4-5-14-10(6-9)8-2-3-8/h4-6,8,11H,2-3,7H2,1H3. The van der Waals surface area contributed by atoms with Crippen LogP contribution in [0.1, 0.15) is 30.0 Å². The summed E-state index contributed by atoms with van der Waals surface area (Å²) in [6.07, 6.45) is 4.17. The van der Waals surface area contributed by atoms with Gasteiger partial charge in [-0.3, -0.25) is 4.98 Å². The first-order valence-electron chi connectivity index (χ1n) is 6.02. The molecule has 3 rings (SSSR count). The molecule has 2 aliphatic rings. The summed E-state index contributed by atoms with van der Waals surface area (Å²) in [6.45, 7) is 0.253. The Morgan fingerprint density at radius 2 is 2.33 bits per heavy atom. The Kier molecular flexibility index (Phi) is 2.74. The highest BCUT2D eigenvalue weighted by atomic mass is 16.5. The van der Waals surface area contributed by atoms with E-state index in [0.717, 1.165) is 11.3 Å². The Labute approximate surface area is 105 Å². The molecular weight excluding hydrogens is 232 g/mol. The Morgan fingerprint density at radius 1 is 1.50 bits per heavy atom. The molecule has 0 saturated heterocycles. The minimum absolute atomic E-state index is 0.253. The zero-order valence-corrected chi connectivity index (χ0v) is 10.1. The molecule has 1 aliphatic heterocycles. The van der Waals surface area contributed by atoms with Crippen molar-refractivity contribution in [2.45, 2.75) is 24.8 Å². The van der Waals surface area contributed by atoms with Gasteiger partial charge >= 0.3 is 5.97 Å². The number of ether oxygens (including phenoxy) is 2. The van der Waals surface area contributed by atoms with E-state index in [4.69, 9.17) is 4.74 Å². The zero-order valence-electron chi connectivity index (χ0n) is 10.1. The lowest BCUT2D eigenvalue weighted by atomic mass is 10.2. The molecule has 5 heteroatoms. The third-order valence-electron chi connectivity index (χ3n) is 3.15. The average Bonchev–Trinajstić information content (AvgIpc) is 3.15. The maximum atomic E-state index is 11.4. The van der Waals surface area contributed by atoms with E-state index >= 15 is 0 Å². The van der Waals surface area contributed by atoms with Gasteiger partial charge in [0.05, 0.1) is 7.11 Å². The second-order valence-electron chi connectivity index (χ2n) is 4.53. The van der Waals surface area contributed by atoms with E-state index in [2.05, 4.69) is 14.7 Å². The fourth-order valence-electron chi connectivity index (χ4n) is 1.97. The molecule has 1 unspecified atom stereocenters. The lowest BCUT2D eigenvalue weighted by molar-refractivity contribution is -0.142. The van der Waals surface area contributed by atoms with Crippen LogP contribution in [0, 0.1) is 0 Å². The van der Waals surface area contributed by atoms with Gasteiger partial charge in [0.15, 0.2) is 6.04 Å². The van der Waals surface area contributed by atoms with E-state index in [-0.39, 0.29) is 12.6 Å². The average molecular weight is 246 g/mol. The van der Waals surface area contributed by atoms with Gasteiger partial charge in [0.25, 0.3) is 0 Å². The predicted octanol–water partition coefficient (Wildman–Crippen LogP) is 1.28. The summed E-state index contributed by atoms with van der Waals surface area (Å²) < 4.78 is 10.1. The van der Waals surface area contributed by atoms with Crippen molar-refractivity contribution in [1.29, 1.82) is 0 Å². The molecule has 1 aromatic rings. The molecule has 0 radical (unpaired) electrons. The highest BCUT2D eigenvalue weighted by molar-refractivity contribution is 5.97. The van der Waals surface area contributed by atoms with Crippen LogP contribution >= 0.6 is 0 Å². The summed E-state index contributed by atoms with van der Waals surface area (Å²) in [5.41, 5.74) is 1.97. The van der Waals surface area contributed by atoms with Crippen LogP contribution < -0.4 is 0 Å². The maximum Gasteiger partial charge on any atom is 0.334 e. The monoisotopic (exact) mass is 246 g/mol. The Bertz CT molecular complexity index is 509. The van der Waals surface area contributed by atoms with E-state index in [1.54, 1.807) is 6.20 Å². The summed E-state index contributed by atoms with van der Waals surface area (Å²) in [5, 5.41) is 0. The molecule has 1 aromatic heterocycles. The number of esters is 1. The summed E-state index contributed by atoms with van der Waals surface area (Å²) >= 11 is 0. The number of pyridine rings is 1. The molecule has 1 fully saturated rings. The van der Waals surface area contributed by atoms with Crippen molar-refractivity contribution in [3.05, 3.63) is 29.6 Å². The van der Waals surface area contributed by atoms with Crippen LogP contribution in [0.25, 0.3) is 0 Å². The van der Waals surface area contributed by atoms with Crippen LogP contribution in [0.5, 0.6) is 0 Å². The normalized spacial score (nSPS) is 22.3. The number of aromatic nitrogens is 1. The van der Waals surface area contributed by atoms with Crippen LogP contribution in [0.2, 0.25) is 0 Å². The molecule has 1 saturated carbocycles. The van der Waals surface area contributed by atoms with E-state index in [9.17, 15) is 4.79 Å². The third kappa shape index (κ3) is 2.08. The summed E-state index contributed by atoms with van der Waals surface area (Å²) in [5.74, 6) is 0.736. The number of aliphatic imine (C=N–C) groups is 1. The van der Waals surface area contributed by atoms with Crippen molar-refractivity contribution in [2.24, 2.45) is 4.99 Å². The topological polar surface area (TPSA) is 60.8 Å². The molecule has 1 atom stereocenters.